The Kier molecular flexibility index (Phi) is 9.46. The number of anilines is 1. The zero-order valence-electron chi connectivity index (χ0n) is 29.2. The summed E-state index contributed by atoms with van der Waals surface area (Å²) in [4.78, 5) is 51.8. The summed E-state index contributed by atoms with van der Waals surface area (Å²) in [5.74, 6) is -0.730. The first-order chi connectivity index (χ1) is 24.1. The number of benzene rings is 3. The molecule has 3 atom stereocenters. The third-order valence-corrected chi connectivity index (χ3v) is 10.9. The molecular formula is C40H45ClN6O3. The largest absolute Gasteiger partial charge is 0.361 e. The van der Waals surface area contributed by atoms with E-state index in [2.05, 4.69) is 21.3 Å². The summed E-state index contributed by atoms with van der Waals surface area (Å²) < 4.78 is 1.94. The van der Waals surface area contributed by atoms with Gasteiger partial charge in [-0.1, -0.05) is 54.9 Å². The number of H-pyrrole nitrogens is 1. The number of aromatic amines is 1. The van der Waals surface area contributed by atoms with E-state index in [4.69, 9.17) is 11.6 Å². The molecule has 0 spiro atoms. The first-order valence-electron chi connectivity index (χ1n) is 17.5. The number of amides is 3. The molecule has 4 heterocycles. The van der Waals surface area contributed by atoms with E-state index in [9.17, 15) is 14.4 Å². The minimum atomic E-state index is -0.807. The van der Waals surface area contributed by atoms with Crippen molar-refractivity contribution in [1.29, 1.82) is 0 Å². The molecule has 10 heteroatoms. The normalized spacial score (nSPS) is 18.0. The second kappa shape index (κ2) is 14.0. The highest BCUT2D eigenvalue weighted by molar-refractivity contribution is 6.30. The van der Waals surface area contributed by atoms with Crippen LogP contribution in [0.15, 0.2) is 79.0 Å². The van der Waals surface area contributed by atoms with Gasteiger partial charge in [-0.05, 0) is 86.8 Å². The van der Waals surface area contributed by atoms with E-state index in [0.29, 0.717) is 43.2 Å². The minimum Gasteiger partial charge on any atom is -0.361 e. The molecule has 1 fully saturated rings. The van der Waals surface area contributed by atoms with E-state index in [1.807, 2.05) is 115 Å². The molecule has 0 unspecified atom stereocenters. The van der Waals surface area contributed by atoms with E-state index in [0.717, 1.165) is 51.6 Å². The van der Waals surface area contributed by atoms with Gasteiger partial charge >= 0.3 is 0 Å². The number of hydrogen-bond acceptors (Lipinski definition) is 4. The van der Waals surface area contributed by atoms with Crippen molar-refractivity contribution >= 4 is 56.8 Å². The van der Waals surface area contributed by atoms with Crippen molar-refractivity contribution in [3.63, 3.8) is 0 Å². The fraction of sp³-hybridized carbons (Fsp3) is 0.375. The van der Waals surface area contributed by atoms with Crippen LogP contribution in [0.1, 0.15) is 47.3 Å². The van der Waals surface area contributed by atoms with Gasteiger partial charge in [-0.25, -0.2) is 0 Å². The van der Waals surface area contributed by atoms with Gasteiger partial charge in [0.25, 0.3) is 5.91 Å². The number of halogens is 1. The molecule has 3 amide bonds. The monoisotopic (exact) mass is 692 g/mol. The maximum Gasteiger partial charge on any atom is 0.270 e. The Morgan fingerprint density at radius 1 is 1.00 bits per heavy atom. The number of rotatable bonds is 8. The van der Waals surface area contributed by atoms with E-state index in [1.54, 1.807) is 0 Å². The number of aromatic nitrogens is 2. The Morgan fingerprint density at radius 3 is 2.50 bits per heavy atom. The minimum absolute atomic E-state index is 0.0280. The first kappa shape index (κ1) is 33.9. The SMILES string of the molecule is C[C@H](c1c[nH]c2ccccc12)[C@@H](NC(=O)C1CCN(C(=O)c2cc3ccccc3n2C)CC1)C(=O)N1C[C@@H](CN(C)C)Cc2cc(Cl)ccc21. The predicted octanol–water partition coefficient (Wildman–Crippen LogP) is 6.22. The van der Waals surface area contributed by atoms with Crippen molar-refractivity contribution in [2.24, 2.45) is 18.9 Å². The number of nitrogens with one attached hydrogen (secondary N) is 2. The molecule has 50 heavy (non-hydrogen) atoms. The molecule has 0 saturated carbocycles. The number of carbonyl (C=O) groups is 3. The van der Waals surface area contributed by atoms with Crippen LogP contribution in [0.2, 0.25) is 5.02 Å². The molecule has 9 nitrogen and oxygen atoms in total. The van der Waals surface area contributed by atoms with Crippen LogP contribution in [-0.2, 0) is 23.1 Å². The highest BCUT2D eigenvalue weighted by Gasteiger charge is 2.39. The molecule has 2 N–H and O–H groups in total. The summed E-state index contributed by atoms with van der Waals surface area (Å²) in [6.45, 7) is 4.34. The lowest BCUT2D eigenvalue weighted by Gasteiger charge is -2.39. The van der Waals surface area contributed by atoms with Crippen LogP contribution < -0.4 is 10.2 Å². The number of hydrogen-bond donors (Lipinski definition) is 2. The third kappa shape index (κ3) is 6.52. The highest BCUT2D eigenvalue weighted by atomic mass is 35.5. The van der Waals surface area contributed by atoms with Gasteiger partial charge in [0.2, 0.25) is 11.8 Å². The summed E-state index contributed by atoms with van der Waals surface area (Å²) in [5.41, 5.74) is 5.50. The van der Waals surface area contributed by atoms with E-state index in [-0.39, 0.29) is 35.5 Å². The third-order valence-electron chi connectivity index (χ3n) is 10.7. The molecule has 5 aromatic rings. The van der Waals surface area contributed by atoms with Gasteiger partial charge in [-0.15, -0.1) is 0 Å². The lowest BCUT2D eigenvalue weighted by atomic mass is 9.87. The average molecular weight is 693 g/mol. The Hall–Kier alpha value is -4.60. The number of fused-ring (bicyclic) bond motifs is 3. The van der Waals surface area contributed by atoms with Gasteiger partial charge in [-0.2, -0.15) is 0 Å². The maximum atomic E-state index is 14.9. The molecule has 1 saturated heterocycles. The molecule has 2 aliphatic rings. The smallest absolute Gasteiger partial charge is 0.270 e. The van der Waals surface area contributed by atoms with E-state index < -0.39 is 6.04 Å². The van der Waals surface area contributed by atoms with Crippen LogP contribution in [0.25, 0.3) is 21.8 Å². The molecule has 0 bridgehead atoms. The predicted molar refractivity (Wildman–Crippen MR) is 200 cm³/mol. The fourth-order valence-electron chi connectivity index (χ4n) is 8.05. The van der Waals surface area contributed by atoms with Crippen molar-refractivity contribution in [2.45, 2.75) is 38.1 Å². The molecule has 2 aliphatic heterocycles. The number of carbonyl (C=O) groups excluding carboxylic acids is 3. The van der Waals surface area contributed by atoms with E-state index >= 15 is 0 Å². The van der Waals surface area contributed by atoms with Crippen molar-refractivity contribution < 1.29 is 14.4 Å². The molecule has 7 rings (SSSR count). The Balaban J connectivity index is 1.13. The molecule has 0 aliphatic carbocycles. The fourth-order valence-corrected chi connectivity index (χ4v) is 8.25. The number of aryl methyl sites for hydroxylation is 1. The van der Waals surface area contributed by atoms with Gasteiger partial charge in [0, 0.05) is 83.8 Å². The van der Waals surface area contributed by atoms with Crippen molar-refractivity contribution in [1.82, 2.24) is 24.7 Å². The number of nitrogens with zero attached hydrogens (tertiary/aromatic N) is 4. The zero-order chi connectivity index (χ0) is 35.1. The van der Waals surface area contributed by atoms with Gasteiger partial charge in [0.05, 0.1) is 0 Å². The topological polar surface area (TPSA) is 93.7 Å². The van der Waals surface area contributed by atoms with Crippen molar-refractivity contribution in [3.05, 3.63) is 101 Å². The average Bonchev–Trinajstić information content (AvgIpc) is 3.70. The van der Waals surface area contributed by atoms with E-state index in [1.165, 1.54) is 0 Å². The second-order valence-electron chi connectivity index (χ2n) is 14.3. The first-order valence-corrected chi connectivity index (χ1v) is 17.9. The number of piperidine rings is 1. The summed E-state index contributed by atoms with van der Waals surface area (Å²) in [7, 11) is 6.00. The van der Waals surface area contributed by atoms with Crippen molar-refractivity contribution in [2.75, 3.05) is 45.2 Å². The van der Waals surface area contributed by atoms with Gasteiger partial charge in [-0.3, -0.25) is 14.4 Å². The van der Waals surface area contributed by atoms with Crippen LogP contribution in [0.4, 0.5) is 5.69 Å². The Bertz CT molecular complexity index is 2060. The highest BCUT2D eigenvalue weighted by Crippen LogP contribution is 2.35. The van der Waals surface area contributed by atoms with Crippen LogP contribution in [0, 0.1) is 11.8 Å². The Labute approximate surface area is 298 Å². The van der Waals surface area contributed by atoms with Crippen LogP contribution in [0.3, 0.4) is 0 Å². The quantitative estimate of drug-likeness (QED) is 0.202. The molecule has 0 radical (unpaired) electrons. The van der Waals surface area contributed by atoms with Crippen LogP contribution in [-0.4, -0.2) is 83.4 Å². The van der Waals surface area contributed by atoms with Crippen LogP contribution in [0.5, 0.6) is 0 Å². The number of likely N-dealkylation sites (tertiary alicyclic amines) is 1. The summed E-state index contributed by atoms with van der Waals surface area (Å²) in [6, 6.07) is 22.9. The molecule has 2 aromatic heterocycles. The van der Waals surface area contributed by atoms with Crippen molar-refractivity contribution in [3.8, 4) is 0 Å². The second-order valence-corrected chi connectivity index (χ2v) is 14.8. The lowest BCUT2D eigenvalue weighted by molar-refractivity contribution is -0.131. The number of para-hydroxylation sites is 2. The molecule has 260 valence electrons. The maximum absolute atomic E-state index is 14.9. The summed E-state index contributed by atoms with van der Waals surface area (Å²) in [5, 5.41) is 5.95. The summed E-state index contributed by atoms with van der Waals surface area (Å²) >= 11 is 6.44. The summed E-state index contributed by atoms with van der Waals surface area (Å²) in [6.07, 6.45) is 3.83. The van der Waals surface area contributed by atoms with Gasteiger partial charge < -0.3 is 29.6 Å². The standard InChI is InChI=1S/C40H45ClN6O3/c1-25(32-22-42-33-11-7-6-10-31(32)33)37(40(50)47-24-26(23-44(2)3)19-29-20-30(41)13-14-35(29)47)43-38(48)27-15-17-46(18-16-27)39(49)36-21-28-9-5-8-12-34(28)45(36)4/h5-14,20-22,25-27,37,42H,15-19,23-24H2,1-4H3,(H,43,48)/t25-,26-,37-/m1/s1. The van der Waals surface area contributed by atoms with Gasteiger partial charge in [0.1, 0.15) is 11.7 Å². The molecular weight excluding hydrogens is 648 g/mol. The van der Waals surface area contributed by atoms with Crippen LogP contribution >= 0.6 is 11.6 Å². The van der Waals surface area contributed by atoms with Gasteiger partial charge in [0.15, 0.2) is 0 Å². The zero-order valence-corrected chi connectivity index (χ0v) is 29.9. The Morgan fingerprint density at radius 2 is 1.74 bits per heavy atom. The molecule has 3 aromatic carbocycles. The lowest BCUT2D eigenvalue weighted by Crippen LogP contribution is -2.55.